The molecule has 1 aromatic heterocycles. The van der Waals surface area contributed by atoms with Crippen LogP contribution in [0.5, 0.6) is 0 Å². The SMILES string of the molecule is Cc1cc(C)c(NC(=O)c2cccnc2NC(C)C)c(C)c1. The third-order valence-electron chi connectivity index (χ3n) is 3.39. The number of carbonyl (C=O) groups is 1. The number of hydrogen-bond acceptors (Lipinski definition) is 3. The summed E-state index contributed by atoms with van der Waals surface area (Å²) in [5.74, 6) is 0.462. The molecule has 1 heterocycles. The lowest BCUT2D eigenvalue weighted by molar-refractivity contribution is 0.102. The molecule has 0 fully saturated rings. The quantitative estimate of drug-likeness (QED) is 0.894. The van der Waals surface area contributed by atoms with E-state index in [1.165, 1.54) is 5.56 Å². The third kappa shape index (κ3) is 3.64. The zero-order valence-corrected chi connectivity index (χ0v) is 13.8. The molecule has 0 radical (unpaired) electrons. The van der Waals surface area contributed by atoms with Crippen LogP contribution in [0.25, 0.3) is 0 Å². The first-order chi connectivity index (χ1) is 10.4. The van der Waals surface area contributed by atoms with Gasteiger partial charge in [0.15, 0.2) is 0 Å². The van der Waals surface area contributed by atoms with Crippen LogP contribution >= 0.6 is 0 Å². The Morgan fingerprint density at radius 2 is 1.77 bits per heavy atom. The summed E-state index contributed by atoms with van der Waals surface area (Å²) in [4.78, 5) is 16.9. The van der Waals surface area contributed by atoms with E-state index in [0.717, 1.165) is 16.8 Å². The highest BCUT2D eigenvalue weighted by molar-refractivity contribution is 6.08. The first-order valence-corrected chi connectivity index (χ1v) is 7.49. The van der Waals surface area contributed by atoms with Crippen LogP contribution in [0.4, 0.5) is 11.5 Å². The molecule has 0 saturated heterocycles. The highest BCUT2D eigenvalue weighted by Gasteiger charge is 2.15. The molecular formula is C18H23N3O. The molecule has 0 saturated carbocycles. The van der Waals surface area contributed by atoms with Crippen molar-refractivity contribution in [1.82, 2.24) is 4.98 Å². The molecule has 0 atom stereocenters. The van der Waals surface area contributed by atoms with Crippen molar-refractivity contribution in [2.75, 3.05) is 10.6 Å². The summed E-state index contributed by atoms with van der Waals surface area (Å²) in [6, 6.07) is 7.91. The van der Waals surface area contributed by atoms with E-state index in [9.17, 15) is 4.79 Å². The molecule has 0 unspecified atom stereocenters. The number of anilines is 2. The van der Waals surface area contributed by atoms with Gasteiger partial charge >= 0.3 is 0 Å². The zero-order valence-electron chi connectivity index (χ0n) is 13.8. The Bertz CT molecular complexity index is 669. The average molecular weight is 297 g/mol. The molecule has 116 valence electrons. The molecule has 22 heavy (non-hydrogen) atoms. The Hall–Kier alpha value is -2.36. The monoisotopic (exact) mass is 297 g/mol. The summed E-state index contributed by atoms with van der Waals surface area (Å²) in [5.41, 5.74) is 4.74. The maximum absolute atomic E-state index is 12.6. The summed E-state index contributed by atoms with van der Waals surface area (Å²) < 4.78 is 0. The normalized spacial score (nSPS) is 10.6. The van der Waals surface area contributed by atoms with Gasteiger partial charge in [-0.25, -0.2) is 4.98 Å². The number of pyridine rings is 1. The van der Waals surface area contributed by atoms with Crippen molar-refractivity contribution in [2.45, 2.75) is 40.7 Å². The topological polar surface area (TPSA) is 54.0 Å². The number of carbonyl (C=O) groups excluding carboxylic acids is 1. The molecule has 2 N–H and O–H groups in total. The lowest BCUT2D eigenvalue weighted by Crippen LogP contribution is -2.19. The van der Waals surface area contributed by atoms with Crippen LogP contribution in [-0.4, -0.2) is 16.9 Å². The summed E-state index contributed by atoms with van der Waals surface area (Å²) in [6.45, 7) is 10.1. The molecule has 2 aromatic rings. The first-order valence-electron chi connectivity index (χ1n) is 7.49. The Labute approximate surface area is 132 Å². The van der Waals surface area contributed by atoms with Gasteiger partial charge in [0.2, 0.25) is 0 Å². The van der Waals surface area contributed by atoms with Gasteiger partial charge in [-0.1, -0.05) is 17.7 Å². The van der Waals surface area contributed by atoms with Crippen LogP contribution in [0.1, 0.15) is 40.9 Å². The molecule has 1 aromatic carbocycles. The van der Waals surface area contributed by atoms with Crippen molar-refractivity contribution >= 4 is 17.4 Å². The van der Waals surface area contributed by atoms with Crippen LogP contribution in [0.15, 0.2) is 30.5 Å². The molecule has 2 rings (SSSR count). The number of rotatable bonds is 4. The number of nitrogens with one attached hydrogen (secondary N) is 2. The second kappa shape index (κ2) is 6.60. The number of benzene rings is 1. The van der Waals surface area contributed by atoms with E-state index in [1.54, 1.807) is 18.3 Å². The smallest absolute Gasteiger partial charge is 0.259 e. The largest absolute Gasteiger partial charge is 0.367 e. The predicted molar refractivity (Wildman–Crippen MR) is 91.6 cm³/mol. The summed E-state index contributed by atoms with van der Waals surface area (Å²) in [5, 5.41) is 6.22. The summed E-state index contributed by atoms with van der Waals surface area (Å²) >= 11 is 0. The molecule has 0 aliphatic heterocycles. The average Bonchev–Trinajstić information content (AvgIpc) is 2.42. The van der Waals surface area contributed by atoms with Gasteiger partial charge in [-0.05, 0) is 57.9 Å². The second-order valence-corrected chi connectivity index (χ2v) is 5.93. The Morgan fingerprint density at radius 1 is 1.14 bits per heavy atom. The van der Waals surface area contributed by atoms with Crippen LogP contribution in [-0.2, 0) is 0 Å². The van der Waals surface area contributed by atoms with Gasteiger partial charge in [-0.3, -0.25) is 4.79 Å². The van der Waals surface area contributed by atoms with Crippen molar-refractivity contribution in [2.24, 2.45) is 0 Å². The Balaban J connectivity index is 2.31. The molecular weight excluding hydrogens is 274 g/mol. The van der Waals surface area contributed by atoms with Crippen molar-refractivity contribution in [1.29, 1.82) is 0 Å². The van der Waals surface area contributed by atoms with Gasteiger partial charge in [0.25, 0.3) is 5.91 Å². The maximum Gasteiger partial charge on any atom is 0.259 e. The van der Waals surface area contributed by atoms with E-state index in [-0.39, 0.29) is 11.9 Å². The Kier molecular flexibility index (Phi) is 4.81. The molecule has 4 heteroatoms. The lowest BCUT2D eigenvalue weighted by atomic mass is 10.0. The van der Waals surface area contributed by atoms with Crippen LogP contribution in [0.3, 0.4) is 0 Å². The van der Waals surface area contributed by atoms with Crippen LogP contribution in [0, 0.1) is 20.8 Å². The summed E-state index contributed by atoms with van der Waals surface area (Å²) in [7, 11) is 0. The number of nitrogens with zero attached hydrogens (tertiary/aromatic N) is 1. The Morgan fingerprint density at radius 3 is 2.36 bits per heavy atom. The van der Waals surface area contributed by atoms with E-state index in [2.05, 4.69) is 34.7 Å². The number of amides is 1. The fourth-order valence-electron chi connectivity index (χ4n) is 2.54. The van der Waals surface area contributed by atoms with Crippen molar-refractivity contribution < 1.29 is 4.79 Å². The first kappa shape index (κ1) is 16.0. The zero-order chi connectivity index (χ0) is 16.3. The van der Waals surface area contributed by atoms with Crippen molar-refractivity contribution in [3.63, 3.8) is 0 Å². The molecule has 4 nitrogen and oxygen atoms in total. The third-order valence-corrected chi connectivity index (χ3v) is 3.39. The van der Waals surface area contributed by atoms with Gasteiger partial charge in [-0.15, -0.1) is 0 Å². The minimum Gasteiger partial charge on any atom is -0.367 e. The van der Waals surface area contributed by atoms with E-state index in [0.29, 0.717) is 11.4 Å². The van der Waals surface area contributed by atoms with Crippen LogP contribution in [0.2, 0.25) is 0 Å². The fourth-order valence-corrected chi connectivity index (χ4v) is 2.54. The van der Waals surface area contributed by atoms with Gasteiger partial charge in [0, 0.05) is 17.9 Å². The molecule has 0 bridgehead atoms. The minimum atomic E-state index is -0.147. The van der Waals surface area contributed by atoms with Gasteiger partial charge in [0.05, 0.1) is 5.56 Å². The van der Waals surface area contributed by atoms with E-state index in [1.807, 2.05) is 27.7 Å². The van der Waals surface area contributed by atoms with E-state index in [4.69, 9.17) is 0 Å². The molecule has 1 amide bonds. The number of hydrogen-bond donors (Lipinski definition) is 2. The number of aryl methyl sites for hydroxylation is 3. The van der Waals surface area contributed by atoms with E-state index < -0.39 is 0 Å². The standard InChI is InChI=1S/C18H23N3O/c1-11(2)20-17-15(7-6-8-19-17)18(22)21-16-13(4)9-12(3)10-14(16)5/h6-11H,1-5H3,(H,19,20)(H,21,22). The van der Waals surface area contributed by atoms with Crippen molar-refractivity contribution in [3.05, 3.63) is 52.7 Å². The van der Waals surface area contributed by atoms with Crippen molar-refractivity contribution in [3.8, 4) is 0 Å². The predicted octanol–water partition coefficient (Wildman–Crippen LogP) is 4.08. The summed E-state index contributed by atoms with van der Waals surface area (Å²) in [6.07, 6.45) is 1.68. The minimum absolute atomic E-state index is 0.147. The molecule has 0 aliphatic carbocycles. The number of aromatic nitrogens is 1. The van der Waals surface area contributed by atoms with Gasteiger partial charge < -0.3 is 10.6 Å². The van der Waals surface area contributed by atoms with Gasteiger partial charge in [0.1, 0.15) is 5.82 Å². The lowest BCUT2D eigenvalue weighted by Gasteiger charge is -2.16. The van der Waals surface area contributed by atoms with E-state index >= 15 is 0 Å². The molecule has 0 spiro atoms. The highest BCUT2D eigenvalue weighted by atomic mass is 16.1. The highest BCUT2D eigenvalue weighted by Crippen LogP contribution is 2.23. The van der Waals surface area contributed by atoms with Crippen LogP contribution < -0.4 is 10.6 Å². The maximum atomic E-state index is 12.6. The molecule has 0 aliphatic rings. The van der Waals surface area contributed by atoms with Gasteiger partial charge in [-0.2, -0.15) is 0 Å². The second-order valence-electron chi connectivity index (χ2n) is 5.93. The fraction of sp³-hybridized carbons (Fsp3) is 0.333.